The molecule has 0 aliphatic rings. The average molecular weight is 248 g/mol. The van der Waals surface area contributed by atoms with E-state index in [1.54, 1.807) is 0 Å². The Morgan fingerprint density at radius 1 is 1.14 bits per heavy atom. The molecular formula is C5H14O7P2. The van der Waals surface area contributed by atoms with Crippen molar-refractivity contribution in [1.82, 2.24) is 0 Å². The molecule has 7 nitrogen and oxygen atoms in total. The molecule has 0 saturated heterocycles. The molecule has 0 rings (SSSR count). The maximum atomic E-state index is 10.6. The second-order valence-corrected chi connectivity index (χ2v) is 6.43. The van der Waals surface area contributed by atoms with Crippen LogP contribution in [0.1, 0.15) is 19.8 Å². The smallest absolute Gasteiger partial charge is 0.355 e. The zero-order valence-electron chi connectivity index (χ0n) is 7.61. The molecule has 0 fully saturated rings. The van der Waals surface area contributed by atoms with Crippen molar-refractivity contribution in [2.45, 2.75) is 25.4 Å². The highest BCUT2D eigenvalue weighted by atomic mass is 31.2. The summed E-state index contributed by atoms with van der Waals surface area (Å²) in [6, 6.07) is 0. The molecule has 0 aromatic carbocycles. The van der Waals surface area contributed by atoms with Gasteiger partial charge < -0.3 is 24.3 Å². The molecule has 0 aromatic rings. The lowest BCUT2D eigenvalue weighted by molar-refractivity contribution is 0.110. The van der Waals surface area contributed by atoms with E-state index in [0.29, 0.717) is 12.8 Å². The van der Waals surface area contributed by atoms with E-state index in [2.05, 4.69) is 4.74 Å². The van der Waals surface area contributed by atoms with E-state index in [1.807, 2.05) is 6.92 Å². The first kappa shape index (κ1) is 14.3. The monoisotopic (exact) mass is 248 g/mol. The quantitative estimate of drug-likeness (QED) is 0.397. The molecule has 0 radical (unpaired) electrons. The van der Waals surface area contributed by atoms with E-state index in [9.17, 15) is 9.13 Å². The average Bonchev–Trinajstić information content (AvgIpc) is 1.92. The zero-order valence-corrected chi connectivity index (χ0v) is 9.40. The van der Waals surface area contributed by atoms with E-state index in [4.69, 9.17) is 19.6 Å². The normalized spacial score (nSPS) is 13.6. The molecule has 14 heavy (non-hydrogen) atoms. The van der Waals surface area contributed by atoms with E-state index in [1.165, 1.54) is 0 Å². The fourth-order valence-electron chi connectivity index (χ4n) is 0.723. The maximum Gasteiger partial charge on any atom is 0.366 e. The van der Waals surface area contributed by atoms with Gasteiger partial charge in [0, 0.05) is 6.61 Å². The summed E-state index contributed by atoms with van der Waals surface area (Å²) in [6.07, 6.45) is 1.19. The van der Waals surface area contributed by atoms with Crippen LogP contribution in [0.25, 0.3) is 0 Å². The Labute approximate surface area is 81.4 Å². The van der Waals surface area contributed by atoms with Crippen LogP contribution in [-0.2, 0) is 13.9 Å². The van der Waals surface area contributed by atoms with Crippen molar-refractivity contribution in [2.75, 3.05) is 6.61 Å². The van der Waals surface area contributed by atoms with Gasteiger partial charge in [-0.1, -0.05) is 13.3 Å². The molecule has 0 aliphatic heterocycles. The molecule has 0 amide bonds. The van der Waals surface area contributed by atoms with Crippen LogP contribution in [0.5, 0.6) is 0 Å². The SMILES string of the molecule is CCCCOC(P(=O)(O)O)P(=O)(O)O. The molecule has 0 atom stereocenters. The Kier molecular flexibility index (Phi) is 5.47. The summed E-state index contributed by atoms with van der Waals surface area (Å²) in [5.41, 5.74) is -2.33. The predicted octanol–water partition coefficient (Wildman–Crippen LogP) is 0.442. The molecule has 0 aromatic heterocycles. The van der Waals surface area contributed by atoms with Gasteiger partial charge in [0.1, 0.15) is 0 Å². The van der Waals surface area contributed by atoms with Crippen LogP contribution in [0.2, 0.25) is 0 Å². The molecule has 0 aliphatic carbocycles. The van der Waals surface area contributed by atoms with E-state index >= 15 is 0 Å². The number of unbranched alkanes of at least 4 members (excludes halogenated alkanes) is 1. The third kappa shape index (κ3) is 5.22. The van der Waals surface area contributed by atoms with Gasteiger partial charge in [0.15, 0.2) is 0 Å². The Balaban J connectivity index is 4.45. The summed E-state index contributed by atoms with van der Waals surface area (Å²) in [6.45, 7) is 1.73. The van der Waals surface area contributed by atoms with Gasteiger partial charge in [-0.05, 0) is 6.42 Å². The van der Waals surface area contributed by atoms with Crippen molar-refractivity contribution in [2.24, 2.45) is 0 Å². The lowest BCUT2D eigenvalue weighted by atomic mass is 10.4. The molecule has 9 heteroatoms. The maximum absolute atomic E-state index is 10.6. The fourth-order valence-corrected chi connectivity index (χ4v) is 2.89. The van der Waals surface area contributed by atoms with Gasteiger partial charge in [-0.15, -0.1) is 0 Å². The molecule has 4 N–H and O–H groups in total. The third-order valence-electron chi connectivity index (χ3n) is 1.34. The van der Waals surface area contributed by atoms with Crippen molar-refractivity contribution in [3.63, 3.8) is 0 Å². The summed E-state index contributed by atoms with van der Waals surface area (Å²) < 4.78 is 25.8. The van der Waals surface area contributed by atoms with Crippen LogP contribution in [0, 0.1) is 0 Å². The van der Waals surface area contributed by atoms with Crippen molar-refractivity contribution < 1.29 is 33.4 Å². The summed E-state index contributed by atoms with van der Waals surface area (Å²) in [7, 11) is -9.85. The van der Waals surface area contributed by atoms with Crippen molar-refractivity contribution in [3.8, 4) is 0 Å². The summed E-state index contributed by atoms with van der Waals surface area (Å²) in [5, 5.41) is 0. The fraction of sp³-hybridized carbons (Fsp3) is 1.00. The number of rotatable bonds is 6. The van der Waals surface area contributed by atoms with Gasteiger partial charge in [0.2, 0.25) is 0 Å². The minimum Gasteiger partial charge on any atom is -0.355 e. The standard InChI is InChI=1S/C5H14O7P2/c1-2-3-4-12-5(13(6,7)8)14(9,10)11/h5H,2-4H2,1H3,(H2,6,7,8)(H2,9,10,11). The highest BCUT2D eigenvalue weighted by Gasteiger charge is 2.44. The first-order valence-corrected chi connectivity index (χ1v) is 7.28. The topological polar surface area (TPSA) is 124 Å². The highest BCUT2D eigenvalue weighted by molar-refractivity contribution is 7.70. The van der Waals surface area contributed by atoms with Crippen molar-refractivity contribution in [1.29, 1.82) is 0 Å². The van der Waals surface area contributed by atoms with Gasteiger partial charge in [-0.25, -0.2) is 0 Å². The van der Waals surface area contributed by atoms with E-state index in [0.717, 1.165) is 0 Å². The summed E-state index contributed by atoms with van der Waals surface area (Å²) >= 11 is 0. The van der Waals surface area contributed by atoms with Crippen LogP contribution in [0.4, 0.5) is 0 Å². The number of hydrogen-bond donors (Lipinski definition) is 4. The second-order valence-electron chi connectivity index (χ2n) is 2.73. The van der Waals surface area contributed by atoms with Gasteiger partial charge in [0.25, 0.3) is 5.59 Å². The lowest BCUT2D eigenvalue weighted by Gasteiger charge is -2.19. The molecule has 0 spiro atoms. The molecule has 86 valence electrons. The van der Waals surface area contributed by atoms with Gasteiger partial charge in [-0.2, -0.15) is 0 Å². The first-order chi connectivity index (χ1) is 6.19. The Morgan fingerprint density at radius 2 is 1.57 bits per heavy atom. The minimum atomic E-state index is -4.92. The third-order valence-corrected chi connectivity index (χ3v) is 4.59. The molecule has 0 heterocycles. The largest absolute Gasteiger partial charge is 0.366 e. The number of hydrogen-bond acceptors (Lipinski definition) is 3. The highest BCUT2D eigenvalue weighted by Crippen LogP contribution is 2.60. The van der Waals surface area contributed by atoms with Crippen LogP contribution in [-0.4, -0.2) is 31.8 Å². The molecule has 0 bridgehead atoms. The van der Waals surface area contributed by atoms with Gasteiger partial charge >= 0.3 is 15.2 Å². The Hall–Kier alpha value is 0.260. The zero-order chi connectivity index (χ0) is 11.4. The molecular weight excluding hydrogens is 234 g/mol. The lowest BCUT2D eigenvalue weighted by Crippen LogP contribution is -2.14. The van der Waals surface area contributed by atoms with Crippen LogP contribution in [0.3, 0.4) is 0 Å². The minimum absolute atomic E-state index is 0.0859. The van der Waals surface area contributed by atoms with Crippen LogP contribution in [0.15, 0.2) is 0 Å². The first-order valence-electron chi connectivity index (χ1n) is 3.91. The molecule has 0 unspecified atom stereocenters. The number of ether oxygens (including phenoxy) is 1. The van der Waals surface area contributed by atoms with Crippen molar-refractivity contribution >= 4 is 15.2 Å². The Morgan fingerprint density at radius 3 is 1.86 bits per heavy atom. The van der Waals surface area contributed by atoms with E-state index < -0.39 is 20.8 Å². The van der Waals surface area contributed by atoms with Crippen molar-refractivity contribution in [3.05, 3.63) is 0 Å². The Bertz CT molecular complexity index is 231. The van der Waals surface area contributed by atoms with Gasteiger partial charge in [-0.3, -0.25) is 9.13 Å². The van der Waals surface area contributed by atoms with E-state index in [-0.39, 0.29) is 6.61 Å². The molecule has 0 saturated carbocycles. The predicted molar refractivity (Wildman–Crippen MR) is 48.7 cm³/mol. The summed E-state index contributed by atoms with van der Waals surface area (Å²) in [5.74, 6) is 0. The summed E-state index contributed by atoms with van der Waals surface area (Å²) in [4.78, 5) is 34.4. The van der Waals surface area contributed by atoms with Gasteiger partial charge in [0.05, 0.1) is 0 Å². The van der Waals surface area contributed by atoms with Crippen LogP contribution >= 0.6 is 15.2 Å². The second kappa shape index (κ2) is 5.37. The van der Waals surface area contributed by atoms with Crippen LogP contribution < -0.4 is 0 Å².